The Balaban J connectivity index is 1.72. The van der Waals surface area contributed by atoms with Crippen LogP contribution in [-0.4, -0.2) is 29.5 Å². The van der Waals surface area contributed by atoms with E-state index in [4.69, 9.17) is 4.74 Å². The summed E-state index contributed by atoms with van der Waals surface area (Å²) in [7, 11) is 1.63. The van der Waals surface area contributed by atoms with Crippen molar-refractivity contribution < 1.29 is 9.53 Å². The summed E-state index contributed by atoms with van der Waals surface area (Å²) in [5.41, 5.74) is 1.10. The van der Waals surface area contributed by atoms with E-state index in [-0.39, 0.29) is 5.91 Å². The number of carbonyl (C=O) groups excluding carboxylic acids is 1. The van der Waals surface area contributed by atoms with Crippen LogP contribution in [-0.2, 0) is 17.6 Å². The molecule has 0 spiro atoms. The first-order valence-corrected chi connectivity index (χ1v) is 7.55. The molecule has 0 atom stereocenters. The molecule has 2 aromatic rings. The second-order valence-electron chi connectivity index (χ2n) is 4.60. The van der Waals surface area contributed by atoms with Gasteiger partial charge in [0.15, 0.2) is 0 Å². The number of nitrogens with one attached hydrogen (secondary N) is 2. The molecule has 0 aliphatic heterocycles. The second-order valence-corrected chi connectivity index (χ2v) is 5.46. The van der Waals surface area contributed by atoms with Crippen LogP contribution in [0.1, 0.15) is 17.8 Å². The van der Waals surface area contributed by atoms with Gasteiger partial charge in [-0.05, 0) is 40.0 Å². The van der Waals surface area contributed by atoms with E-state index in [0.717, 1.165) is 21.6 Å². The van der Waals surface area contributed by atoms with Crippen molar-refractivity contribution in [3.8, 4) is 5.75 Å². The Morgan fingerprint density at radius 1 is 1.43 bits per heavy atom. The molecule has 6 heteroatoms. The number of ether oxygens (including phenoxy) is 1. The fourth-order valence-electron chi connectivity index (χ4n) is 1.97. The largest absolute Gasteiger partial charge is 0.496 e. The topological polar surface area (TPSA) is 67.0 Å². The minimum atomic E-state index is 0.0495. The molecule has 2 rings (SSSR count). The smallest absolute Gasteiger partial charge is 0.220 e. The van der Waals surface area contributed by atoms with Gasteiger partial charge < -0.3 is 15.0 Å². The highest BCUT2D eigenvalue weighted by atomic mass is 79.9. The number of aryl methyl sites for hydroxylation is 1. The third-order valence-electron chi connectivity index (χ3n) is 3.10. The summed E-state index contributed by atoms with van der Waals surface area (Å²) < 4.78 is 6.08. The maximum absolute atomic E-state index is 11.8. The first-order chi connectivity index (χ1) is 10.2. The lowest BCUT2D eigenvalue weighted by Crippen LogP contribution is -2.26. The van der Waals surface area contributed by atoms with Gasteiger partial charge >= 0.3 is 0 Å². The van der Waals surface area contributed by atoms with Crippen molar-refractivity contribution in [3.05, 3.63) is 46.5 Å². The lowest BCUT2D eigenvalue weighted by molar-refractivity contribution is -0.121. The monoisotopic (exact) mass is 351 g/mol. The van der Waals surface area contributed by atoms with Crippen molar-refractivity contribution in [3.63, 3.8) is 0 Å². The molecule has 1 aromatic carbocycles. The molecule has 0 unspecified atom stereocenters. The SMILES string of the molecule is COc1ccc(CCC(=O)NCCc2ncc[nH]2)cc1Br. The minimum Gasteiger partial charge on any atom is -0.496 e. The van der Waals surface area contributed by atoms with Crippen LogP contribution in [0.4, 0.5) is 0 Å². The van der Waals surface area contributed by atoms with Gasteiger partial charge in [0, 0.05) is 31.8 Å². The van der Waals surface area contributed by atoms with Crippen molar-refractivity contribution in [2.45, 2.75) is 19.3 Å². The molecule has 112 valence electrons. The van der Waals surface area contributed by atoms with Crippen molar-refractivity contribution in [2.75, 3.05) is 13.7 Å². The number of nitrogens with zero attached hydrogens (tertiary/aromatic N) is 1. The molecular formula is C15H18BrN3O2. The first-order valence-electron chi connectivity index (χ1n) is 6.76. The van der Waals surface area contributed by atoms with Gasteiger partial charge in [0.05, 0.1) is 11.6 Å². The van der Waals surface area contributed by atoms with E-state index in [1.165, 1.54) is 0 Å². The molecule has 0 saturated carbocycles. The highest BCUT2D eigenvalue weighted by Crippen LogP contribution is 2.25. The lowest BCUT2D eigenvalue weighted by atomic mass is 10.1. The van der Waals surface area contributed by atoms with Gasteiger partial charge in [-0.15, -0.1) is 0 Å². The van der Waals surface area contributed by atoms with E-state index in [9.17, 15) is 4.79 Å². The number of halogens is 1. The Bertz CT molecular complexity index is 585. The maximum Gasteiger partial charge on any atom is 0.220 e. The third kappa shape index (κ3) is 4.90. The highest BCUT2D eigenvalue weighted by Gasteiger charge is 2.05. The van der Waals surface area contributed by atoms with Crippen molar-refractivity contribution in [1.82, 2.24) is 15.3 Å². The van der Waals surface area contributed by atoms with E-state index >= 15 is 0 Å². The van der Waals surface area contributed by atoms with Crippen LogP contribution in [0.5, 0.6) is 5.75 Å². The summed E-state index contributed by atoms with van der Waals surface area (Å²) in [5.74, 6) is 1.73. The summed E-state index contributed by atoms with van der Waals surface area (Å²) in [6.07, 6.45) is 5.37. The van der Waals surface area contributed by atoms with Gasteiger partial charge in [-0.1, -0.05) is 6.07 Å². The first kappa shape index (κ1) is 15.6. The molecule has 0 aliphatic rings. The Labute approximate surface area is 132 Å². The molecule has 5 nitrogen and oxygen atoms in total. The lowest BCUT2D eigenvalue weighted by Gasteiger charge is -2.07. The van der Waals surface area contributed by atoms with Gasteiger partial charge in [0.2, 0.25) is 5.91 Å². The average Bonchev–Trinajstić information content (AvgIpc) is 2.98. The van der Waals surface area contributed by atoms with Gasteiger partial charge in [-0.25, -0.2) is 4.98 Å². The number of hydrogen-bond donors (Lipinski definition) is 2. The van der Waals surface area contributed by atoms with E-state index in [1.807, 2.05) is 18.2 Å². The Kier molecular flexibility index (Phi) is 5.80. The standard InChI is InChI=1S/C15H18BrN3O2/c1-21-13-4-2-11(10-12(13)16)3-5-15(20)19-7-6-14-17-8-9-18-14/h2,4,8-10H,3,5-7H2,1H3,(H,17,18)(H,19,20). The molecule has 0 radical (unpaired) electrons. The van der Waals surface area contributed by atoms with Crippen molar-refractivity contribution >= 4 is 21.8 Å². The number of hydrogen-bond acceptors (Lipinski definition) is 3. The van der Waals surface area contributed by atoms with Crippen LogP contribution in [0.25, 0.3) is 0 Å². The fourth-order valence-corrected chi connectivity index (χ4v) is 2.55. The zero-order valence-electron chi connectivity index (χ0n) is 11.9. The van der Waals surface area contributed by atoms with Crippen molar-refractivity contribution in [2.24, 2.45) is 0 Å². The molecule has 0 bridgehead atoms. The predicted octanol–water partition coefficient (Wildman–Crippen LogP) is 2.47. The number of imidazole rings is 1. The zero-order valence-corrected chi connectivity index (χ0v) is 13.4. The molecule has 1 heterocycles. The number of amides is 1. The van der Waals surface area contributed by atoms with Crippen molar-refractivity contribution in [1.29, 1.82) is 0 Å². The summed E-state index contributed by atoms with van der Waals surface area (Å²) in [4.78, 5) is 18.9. The second kappa shape index (κ2) is 7.83. The number of aromatic nitrogens is 2. The number of aromatic amines is 1. The molecule has 21 heavy (non-hydrogen) atoms. The quantitative estimate of drug-likeness (QED) is 0.805. The molecular weight excluding hydrogens is 334 g/mol. The Morgan fingerprint density at radius 2 is 2.29 bits per heavy atom. The number of rotatable bonds is 7. The van der Waals surface area contributed by atoms with E-state index in [0.29, 0.717) is 25.8 Å². The van der Waals surface area contributed by atoms with Crippen LogP contribution >= 0.6 is 15.9 Å². The fraction of sp³-hybridized carbons (Fsp3) is 0.333. The van der Waals surface area contributed by atoms with E-state index in [1.54, 1.807) is 19.5 Å². The Morgan fingerprint density at radius 3 is 2.95 bits per heavy atom. The number of methoxy groups -OCH3 is 1. The van der Waals surface area contributed by atoms with Gasteiger partial charge in [0.25, 0.3) is 0 Å². The van der Waals surface area contributed by atoms with Crippen LogP contribution < -0.4 is 10.1 Å². The van der Waals surface area contributed by atoms with Crippen LogP contribution in [0.3, 0.4) is 0 Å². The van der Waals surface area contributed by atoms with Crippen LogP contribution in [0.15, 0.2) is 35.1 Å². The maximum atomic E-state index is 11.8. The van der Waals surface area contributed by atoms with E-state index in [2.05, 4.69) is 31.2 Å². The van der Waals surface area contributed by atoms with Crippen LogP contribution in [0, 0.1) is 0 Å². The van der Waals surface area contributed by atoms with Gasteiger partial charge in [0.1, 0.15) is 11.6 Å². The predicted molar refractivity (Wildman–Crippen MR) is 84.3 cm³/mol. The summed E-state index contributed by atoms with van der Waals surface area (Å²) >= 11 is 3.44. The molecule has 0 fully saturated rings. The summed E-state index contributed by atoms with van der Waals surface area (Å²) in [5, 5.41) is 2.89. The molecule has 1 amide bonds. The molecule has 2 N–H and O–H groups in total. The zero-order chi connectivity index (χ0) is 15.1. The number of benzene rings is 1. The highest BCUT2D eigenvalue weighted by molar-refractivity contribution is 9.10. The summed E-state index contributed by atoms with van der Waals surface area (Å²) in [6.45, 7) is 0.596. The molecule has 0 aliphatic carbocycles. The normalized spacial score (nSPS) is 10.4. The van der Waals surface area contributed by atoms with Gasteiger partial charge in [-0.2, -0.15) is 0 Å². The molecule has 0 saturated heterocycles. The van der Waals surface area contributed by atoms with E-state index < -0.39 is 0 Å². The Hall–Kier alpha value is -1.82. The minimum absolute atomic E-state index is 0.0495. The third-order valence-corrected chi connectivity index (χ3v) is 3.72. The van der Waals surface area contributed by atoms with Crippen LogP contribution in [0.2, 0.25) is 0 Å². The number of carbonyl (C=O) groups is 1. The molecule has 1 aromatic heterocycles. The summed E-state index contributed by atoms with van der Waals surface area (Å²) in [6, 6.07) is 5.85. The number of H-pyrrole nitrogens is 1. The van der Waals surface area contributed by atoms with Gasteiger partial charge in [-0.3, -0.25) is 4.79 Å². The average molecular weight is 352 g/mol.